The lowest BCUT2D eigenvalue weighted by Gasteiger charge is -2.12. The first kappa shape index (κ1) is 16.6. The molecule has 0 fully saturated rings. The predicted molar refractivity (Wildman–Crippen MR) is 96.7 cm³/mol. The van der Waals surface area contributed by atoms with Crippen molar-refractivity contribution in [2.24, 2.45) is 0 Å². The topological polar surface area (TPSA) is 47.2 Å². The molecular weight excluding hydrogens is 320 g/mol. The minimum Gasteiger partial charge on any atom is -0.464 e. The number of carbonyl (C=O) groups excluding carboxylic acids is 1. The van der Waals surface area contributed by atoms with Gasteiger partial charge in [-0.1, -0.05) is 6.07 Å². The van der Waals surface area contributed by atoms with Gasteiger partial charge in [-0.2, -0.15) is 0 Å². The second-order valence-corrected chi connectivity index (χ2v) is 7.13. The summed E-state index contributed by atoms with van der Waals surface area (Å²) in [6, 6.07) is 9.77. The third-order valence-corrected chi connectivity index (χ3v) is 5.11. The van der Waals surface area contributed by atoms with Gasteiger partial charge < -0.3 is 14.3 Å². The number of thiophene rings is 1. The second-order valence-electron chi connectivity index (χ2n) is 6.09. The number of hydrogen-bond donors (Lipinski definition) is 1. The van der Waals surface area contributed by atoms with Crippen molar-refractivity contribution in [2.75, 3.05) is 0 Å². The van der Waals surface area contributed by atoms with Gasteiger partial charge in [-0.05, 0) is 57.3 Å². The van der Waals surface area contributed by atoms with Gasteiger partial charge in [-0.15, -0.1) is 11.3 Å². The summed E-state index contributed by atoms with van der Waals surface area (Å²) in [7, 11) is 0. The third-order valence-electron chi connectivity index (χ3n) is 4.25. The molecule has 0 aliphatic carbocycles. The van der Waals surface area contributed by atoms with Crippen LogP contribution in [0, 0.1) is 20.8 Å². The number of carbonyl (C=O) groups is 1. The Labute approximate surface area is 146 Å². The van der Waals surface area contributed by atoms with Gasteiger partial charge in [0.05, 0.1) is 18.2 Å². The molecule has 4 nitrogen and oxygen atoms in total. The van der Waals surface area contributed by atoms with Gasteiger partial charge in [0.1, 0.15) is 11.5 Å². The normalized spacial score (nSPS) is 12.3. The first-order valence-corrected chi connectivity index (χ1v) is 8.90. The molecule has 5 heteroatoms. The average Bonchev–Trinajstić information content (AvgIpc) is 3.25. The second kappa shape index (κ2) is 6.69. The van der Waals surface area contributed by atoms with Crippen molar-refractivity contribution >= 4 is 17.2 Å². The van der Waals surface area contributed by atoms with Crippen LogP contribution in [0.4, 0.5) is 0 Å². The van der Waals surface area contributed by atoms with Gasteiger partial charge >= 0.3 is 0 Å². The fourth-order valence-corrected chi connectivity index (χ4v) is 3.56. The van der Waals surface area contributed by atoms with Crippen molar-refractivity contribution in [2.45, 2.75) is 40.3 Å². The highest BCUT2D eigenvalue weighted by Crippen LogP contribution is 2.21. The van der Waals surface area contributed by atoms with E-state index < -0.39 is 0 Å². The van der Waals surface area contributed by atoms with Crippen molar-refractivity contribution in [3.8, 4) is 0 Å². The Morgan fingerprint density at radius 3 is 2.71 bits per heavy atom. The number of nitrogens with one attached hydrogen (secondary N) is 1. The zero-order chi connectivity index (χ0) is 17.3. The van der Waals surface area contributed by atoms with E-state index >= 15 is 0 Å². The van der Waals surface area contributed by atoms with E-state index in [2.05, 4.69) is 27.4 Å². The number of amides is 1. The van der Waals surface area contributed by atoms with Crippen molar-refractivity contribution in [1.29, 1.82) is 0 Å². The molecule has 3 heterocycles. The molecule has 1 N–H and O–H groups in total. The van der Waals surface area contributed by atoms with Crippen molar-refractivity contribution in [1.82, 2.24) is 9.88 Å². The number of aryl methyl sites for hydroxylation is 2. The molecule has 1 unspecified atom stereocenters. The standard InChI is InChI=1S/C19H22N2O2S/c1-12-10-17(15(4)21(12)11-16-6-5-9-24-16)19(22)20-14(3)18-8-7-13(2)23-18/h5-10,14H,11H2,1-4H3,(H,20,22). The van der Waals surface area contributed by atoms with Crippen LogP contribution >= 0.6 is 11.3 Å². The van der Waals surface area contributed by atoms with E-state index in [-0.39, 0.29) is 11.9 Å². The summed E-state index contributed by atoms with van der Waals surface area (Å²) in [5, 5.41) is 5.10. The summed E-state index contributed by atoms with van der Waals surface area (Å²) in [5.41, 5.74) is 2.80. The summed E-state index contributed by atoms with van der Waals surface area (Å²) < 4.78 is 7.78. The van der Waals surface area contributed by atoms with Crippen molar-refractivity contribution < 1.29 is 9.21 Å². The molecule has 0 radical (unpaired) electrons. The Morgan fingerprint density at radius 1 is 1.29 bits per heavy atom. The Kier molecular flexibility index (Phi) is 4.62. The summed E-state index contributed by atoms with van der Waals surface area (Å²) in [6.45, 7) is 8.67. The Balaban J connectivity index is 1.78. The number of aromatic nitrogens is 1. The molecule has 0 bridgehead atoms. The number of rotatable bonds is 5. The van der Waals surface area contributed by atoms with Crippen LogP contribution in [0.25, 0.3) is 0 Å². The van der Waals surface area contributed by atoms with Crippen LogP contribution in [0.5, 0.6) is 0 Å². The smallest absolute Gasteiger partial charge is 0.253 e. The first-order valence-electron chi connectivity index (χ1n) is 8.02. The molecule has 0 saturated heterocycles. The summed E-state index contributed by atoms with van der Waals surface area (Å²) in [6.07, 6.45) is 0. The summed E-state index contributed by atoms with van der Waals surface area (Å²) in [5.74, 6) is 1.55. The Morgan fingerprint density at radius 2 is 2.08 bits per heavy atom. The molecule has 0 saturated carbocycles. The van der Waals surface area contributed by atoms with Crippen molar-refractivity contribution in [3.05, 3.63) is 69.1 Å². The molecule has 126 valence electrons. The number of nitrogens with zero attached hydrogens (tertiary/aromatic N) is 1. The van der Waals surface area contributed by atoms with Crippen molar-refractivity contribution in [3.63, 3.8) is 0 Å². The monoisotopic (exact) mass is 342 g/mol. The lowest BCUT2D eigenvalue weighted by molar-refractivity contribution is 0.0934. The quantitative estimate of drug-likeness (QED) is 0.736. The molecular formula is C19H22N2O2S. The van der Waals surface area contributed by atoms with Gasteiger partial charge in [0, 0.05) is 16.3 Å². The summed E-state index contributed by atoms with van der Waals surface area (Å²) >= 11 is 1.73. The van der Waals surface area contributed by atoms with E-state index in [1.54, 1.807) is 11.3 Å². The molecule has 24 heavy (non-hydrogen) atoms. The van der Waals surface area contributed by atoms with E-state index in [1.807, 2.05) is 45.9 Å². The molecule has 0 aliphatic heterocycles. The number of furan rings is 1. The molecule has 1 amide bonds. The summed E-state index contributed by atoms with van der Waals surface area (Å²) in [4.78, 5) is 13.9. The van der Waals surface area contributed by atoms with Crippen LogP contribution in [-0.2, 0) is 6.54 Å². The Bertz CT molecular complexity index is 843. The van der Waals surface area contributed by atoms with Gasteiger partial charge in [0.25, 0.3) is 5.91 Å². The largest absolute Gasteiger partial charge is 0.464 e. The average molecular weight is 342 g/mol. The molecule has 1 atom stereocenters. The lowest BCUT2D eigenvalue weighted by atomic mass is 10.2. The maximum atomic E-state index is 12.7. The maximum Gasteiger partial charge on any atom is 0.253 e. The zero-order valence-electron chi connectivity index (χ0n) is 14.4. The van der Waals surface area contributed by atoms with E-state index in [0.29, 0.717) is 0 Å². The van der Waals surface area contributed by atoms with E-state index in [4.69, 9.17) is 4.42 Å². The van der Waals surface area contributed by atoms with Crippen LogP contribution in [0.15, 0.2) is 40.1 Å². The fraction of sp³-hybridized carbons (Fsp3) is 0.316. The SMILES string of the molecule is Cc1ccc(C(C)NC(=O)c2cc(C)n(Cc3cccs3)c2C)o1. The maximum absolute atomic E-state index is 12.7. The molecule has 3 rings (SSSR count). The zero-order valence-corrected chi connectivity index (χ0v) is 15.2. The van der Waals surface area contributed by atoms with Crippen LogP contribution in [0.1, 0.15) is 51.1 Å². The fourth-order valence-electron chi connectivity index (χ4n) is 2.86. The minimum atomic E-state index is -0.161. The molecule has 3 aromatic heterocycles. The molecule has 0 aromatic carbocycles. The third kappa shape index (κ3) is 3.31. The Hall–Kier alpha value is -2.27. The van der Waals surface area contributed by atoms with Gasteiger partial charge in [-0.3, -0.25) is 4.79 Å². The molecule has 3 aromatic rings. The van der Waals surface area contributed by atoms with Gasteiger partial charge in [0.2, 0.25) is 0 Å². The highest BCUT2D eigenvalue weighted by atomic mass is 32.1. The highest BCUT2D eigenvalue weighted by molar-refractivity contribution is 7.09. The number of hydrogen-bond acceptors (Lipinski definition) is 3. The van der Waals surface area contributed by atoms with Gasteiger partial charge in [0.15, 0.2) is 0 Å². The molecule has 0 aliphatic rings. The van der Waals surface area contributed by atoms with E-state index in [0.717, 1.165) is 35.0 Å². The molecule has 0 spiro atoms. The predicted octanol–water partition coefficient (Wildman–Crippen LogP) is 4.61. The van der Waals surface area contributed by atoms with Crippen LogP contribution in [0.2, 0.25) is 0 Å². The first-order chi connectivity index (χ1) is 11.5. The minimum absolute atomic E-state index is 0.0675. The van der Waals surface area contributed by atoms with E-state index in [9.17, 15) is 4.79 Å². The van der Waals surface area contributed by atoms with Gasteiger partial charge in [-0.25, -0.2) is 0 Å². The highest BCUT2D eigenvalue weighted by Gasteiger charge is 2.19. The lowest BCUT2D eigenvalue weighted by Crippen LogP contribution is -2.26. The van der Waals surface area contributed by atoms with Crippen LogP contribution < -0.4 is 5.32 Å². The van der Waals surface area contributed by atoms with Crippen LogP contribution in [-0.4, -0.2) is 10.5 Å². The van der Waals surface area contributed by atoms with E-state index in [1.165, 1.54) is 4.88 Å². The van der Waals surface area contributed by atoms with Crippen LogP contribution in [0.3, 0.4) is 0 Å².